The van der Waals surface area contributed by atoms with Crippen molar-refractivity contribution in [3.8, 4) is 0 Å². The van der Waals surface area contributed by atoms with Gasteiger partial charge in [0.15, 0.2) is 11.5 Å². The third kappa shape index (κ3) is 4.56. The highest BCUT2D eigenvalue weighted by Gasteiger charge is 2.16. The van der Waals surface area contributed by atoms with Crippen molar-refractivity contribution < 1.29 is 4.79 Å². The molecule has 1 aromatic heterocycles. The van der Waals surface area contributed by atoms with E-state index in [1.807, 2.05) is 52.0 Å². The molecule has 110 valence electrons. The Hall–Kier alpha value is -2.43. The van der Waals surface area contributed by atoms with E-state index in [1.54, 1.807) is 12.1 Å². The van der Waals surface area contributed by atoms with Gasteiger partial charge in [0.05, 0.1) is 0 Å². The normalized spacial score (nSPS) is 11.0. The topological polar surface area (TPSA) is 66.9 Å². The largest absolute Gasteiger partial charge is 0.346 e. The zero-order chi connectivity index (χ0) is 15.5. The van der Waals surface area contributed by atoms with Crippen molar-refractivity contribution in [1.29, 1.82) is 0 Å². The van der Waals surface area contributed by atoms with Gasteiger partial charge in [0.2, 0.25) is 0 Å². The minimum Gasteiger partial charge on any atom is -0.346 e. The Bertz CT molecular complexity index is 629. The van der Waals surface area contributed by atoms with E-state index >= 15 is 0 Å². The summed E-state index contributed by atoms with van der Waals surface area (Å²) in [6.45, 7) is 7.79. The van der Waals surface area contributed by atoms with Crippen molar-refractivity contribution in [3.05, 3.63) is 47.7 Å². The van der Waals surface area contributed by atoms with Gasteiger partial charge in [-0.2, -0.15) is 0 Å². The molecule has 0 unspecified atom stereocenters. The summed E-state index contributed by atoms with van der Waals surface area (Å²) in [4.78, 5) is 11.9. The number of hydrogen-bond donors (Lipinski definition) is 2. The Morgan fingerprint density at radius 3 is 2.43 bits per heavy atom. The van der Waals surface area contributed by atoms with Crippen molar-refractivity contribution in [3.63, 3.8) is 0 Å². The Labute approximate surface area is 124 Å². The fourth-order valence-electron chi connectivity index (χ4n) is 1.80. The van der Waals surface area contributed by atoms with Crippen molar-refractivity contribution in [2.45, 2.75) is 33.2 Å². The summed E-state index contributed by atoms with van der Waals surface area (Å²) in [5.41, 5.74) is 2.11. The first-order chi connectivity index (χ1) is 9.83. The zero-order valence-electron chi connectivity index (χ0n) is 12.8. The van der Waals surface area contributed by atoms with Gasteiger partial charge in [-0.1, -0.05) is 12.1 Å². The van der Waals surface area contributed by atoms with Crippen LogP contribution in [0.2, 0.25) is 0 Å². The van der Waals surface area contributed by atoms with Crippen LogP contribution in [0, 0.1) is 6.92 Å². The van der Waals surface area contributed by atoms with Crippen LogP contribution in [0.1, 0.15) is 36.8 Å². The number of benzene rings is 1. The highest BCUT2D eigenvalue weighted by atomic mass is 16.2. The molecule has 5 heteroatoms. The molecule has 0 aliphatic carbocycles. The van der Waals surface area contributed by atoms with Gasteiger partial charge < -0.3 is 10.6 Å². The Morgan fingerprint density at radius 1 is 1.10 bits per heavy atom. The van der Waals surface area contributed by atoms with Gasteiger partial charge in [-0.15, -0.1) is 10.2 Å². The van der Waals surface area contributed by atoms with Crippen LogP contribution in [0.25, 0.3) is 0 Å². The summed E-state index contributed by atoms with van der Waals surface area (Å²) in [5.74, 6) is 0.380. The second kappa shape index (κ2) is 5.91. The Morgan fingerprint density at radius 2 is 1.86 bits per heavy atom. The number of carbonyl (C=O) groups excluding carboxylic acids is 1. The molecular weight excluding hydrogens is 264 g/mol. The average Bonchev–Trinajstić information content (AvgIpc) is 2.37. The van der Waals surface area contributed by atoms with Crippen LogP contribution >= 0.6 is 0 Å². The molecule has 1 amide bonds. The zero-order valence-corrected chi connectivity index (χ0v) is 12.8. The predicted octanol–water partition coefficient (Wildman–Crippen LogP) is 3.06. The molecule has 1 aromatic carbocycles. The molecule has 0 saturated heterocycles. The van der Waals surface area contributed by atoms with Crippen LogP contribution in [-0.4, -0.2) is 21.6 Å². The number of rotatable bonds is 3. The standard InChI is InChI=1S/C16H20N4O/c1-11-6-5-7-12(10-11)17-14-9-8-13(19-20-14)15(21)18-16(2,3)4/h5-10H,1-4H3,(H,17,20)(H,18,21). The summed E-state index contributed by atoms with van der Waals surface area (Å²) >= 11 is 0. The maximum atomic E-state index is 11.9. The monoisotopic (exact) mass is 284 g/mol. The molecule has 0 aliphatic rings. The first-order valence-corrected chi connectivity index (χ1v) is 6.83. The van der Waals surface area contributed by atoms with Gasteiger partial charge >= 0.3 is 0 Å². The highest BCUT2D eigenvalue weighted by molar-refractivity contribution is 5.92. The van der Waals surface area contributed by atoms with Crippen LogP contribution in [0.5, 0.6) is 0 Å². The van der Waals surface area contributed by atoms with Crippen molar-refractivity contribution in [1.82, 2.24) is 15.5 Å². The minimum absolute atomic E-state index is 0.225. The van der Waals surface area contributed by atoms with Gasteiger partial charge in [0.1, 0.15) is 0 Å². The van der Waals surface area contributed by atoms with Crippen LogP contribution in [-0.2, 0) is 0 Å². The second-order valence-electron chi connectivity index (χ2n) is 6.00. The summed E-state index contributed by atoms with van der Waals surface area (Å²) in [7, 11) is 0. The molecule has 2 aromatic rings. The first-order valence-electron chi connectivity index (χ1n) is 6.83. The highest BCUT2D eigenvalue weighted by Crippen LogP contribution is 2.15. The second-order valence-corrected chi connectivity index (χ2v) is 6.00. The summed E-state index contributed by atoms with van der Waals surface area (Å²) in [6, 6.07) is 11.4. The average molecular weight is 284 g/mol. The molecule has 0 aliphatic heterocycles. The van der Waals surface area contributed by atoms with E-state index in [1.165, 1.54) is 0 Å². The number of carbonyl (C=O) groups is 1. The number of hydrogen-bond acceptors (Lipinski definition) is 4. The SMILES string of the molecule is Cc1cccc(Nc2ccc(C(=O)NC(C)(C)C)nn2)c1. The summed E-state index contributed by atoms with van der Waals surface area (Å²) in [6.07, 6.45) is 0. The van der Waals surface area contributed by atoms with Gasteiger partial charge in [-0.05, 0) is 57.5 Å². The smallest absolute Gasteiger partial charge is 0.272 e. The van der Waals surface area contributed by atoms with Crippen molar-refractivity contribution in [2.24, 2.45) is 0 Å². The van der Waals surface area contributed by atoms with E-state index in [-0.39, 0.29) is 11.4 Å². The lowest BCUT2D eigenvalue weighted by molar-refractivity contribution is 0.0913. The van der Waals surface area contributed by atoms with E-state index in [0.29, 0.717) is 11.5 Å². The maximum Gasteiger partial charge on any atom is 0.272 e. The van der Waals surface area contributed by atoms with E-state index < -0.39 is 0 Å². The third-order valence-electron chi connectivity index (χ3n) is 2.68. The Balaban J connectivity index is 2.07. The number of amides is 1. The fourth-order valence-corrected chi connectivity index (χ4v) is 1.80. The van der Waals surface area contributed by atoms with Gasteiger partial charge in [-0.3, -0.25) is 4.79 Å². The number of nitrogens with zero attached hydrogens (tertiary/aromatic N) is 2. The molecule has 1 heterocycles. The fraction of sp³-hybridized carbons (Fsp3) is 0.312. The van der Waals surface area contributed by atoms with Crippen molar-refractivity contribution in [2.75, 3.05) is 5.32 Å². The molecule has 21 heavy (non-hydrogen) atoms. The van der Waals surface area contributed by atoms with Crippen LogP contribution in [0.4, 0.5) is 11.5 Å². The van der Waals surface area contributed by atoms with Crippen LogP contribution in [0.15, 0.2) is 36.4 Å². The van der Waals surface area contributed by atoms with Crippen molar-refractivity contribution >= 4 is 17.4 Å². The lowest BCUT2D eigenvalue weighted by atomic mass is 10.1. The molecule has 0 fully saturated rings. The van der Waals surface area contributed by atoms with Crippen LogP contribution in [0.3, 0.4) is 0 Å². The van der Waals surface area contributed by atoms with Gasteiger partial charge in [0, 0.05) is 11.2 Å². The molecule has 0 spiro atoms. The van der Waals surface area contributed by atoms with E-state index in [0.717, 1.165) is 11.3 Å². The van der Waals surface area contributed by atoms with E-state index in [4.69, 9.17) is 0 Å². The first kappa shape index (κ1) is 15.0. The van der Waals surface area contributed by atoms with E-state index in [9.17, 15) is 4.79 Å². The molecule has 0 atom stereocenters. The molecule has 0 bridgehead atoms. The maximum absolute atomic E-state index is 11.9. The molecule has 2 rings (SSSR count). The van der Waals surface area contributed by atoms with E-state index in [2.05, 4.69) is 20.8 Å². The number of aromatic nitrogens is 2. The number of aryl methyl sites for hydroxylation is 1. The van der Waals surface area contributed by atoms with Gasteiger partial charge in [0.25, 0.3) is 5.91 Å². The molecule has 0 radical (unpaired) electrons. The lowest BCUT2D eigenvalue weighted by Crippen LogP contribution is -2.41. The predicted molar refractivity (Wildman–Crippen MR) is 83.7 cm³/mol. The quantitative estimate of drug-likeness (QED) is 0.909. The molecular formula is C16H20N4O. The minimum atomic E-state index is -0.294. The lowest BCUT2D eigenvalue weighted by Gasteiger charge is -2.19. The number of nitrogens with one attached hydrogen (secondary N) is 2. The molecule has 0 saturated carbocycles. The number of anilines is 2. The van der Waals surface area contributed by atoms with Gasteiger partial charge in [-0.25, -0.2) is 0 Å². The molecule has 2 N–H and O–H groups in total. The Kier molecular flexibility index (Phi) is 4.21. The molecule has 5 nitrogen and oxygen atoms in total. The third-order valence-corrected chi connectivity index (χ3v) is 2.68. The summed E-state index contributed by atoms with van der Waals surface area (Å²) < 4.78 is 0. The van der Waals surface area contributed by atoms with Crippen LogP contribution < -0.4 is 10.6 Å². The summed E-state index contributed by atoms with van der Waals surface area (Å²) in [5, 5.41) is 14.0.